The highest BCUT2D eigenvalue weighted by Crippen LogP contribution is 2.36. The maximum atomic E-state index is 14.1. The monoisotopic (exact) mass is 430 g/mol. The topological polar surface area (TPSA) is 70.7 Å². The number of amides is 1. The minimum Gasteiger partial charge on any atom is -0.383 e. The van der Waals surface area contributed by atoms with Crippen molar-refractivity contribution in [2.24, 2.45) is 10.7 Å². The van der Waals surface area contributed by atoms with Crippen LogP contribution in [-0.2, 0) is 0 Å². The molecular weight excluding hydrogens is 411 g/mol. The van der Waals surface area contributed by atoms with E-state index in [0.29, 0.717) is 37.2 Å². The van der Waals surface area contributed by atoms with Crippen LogP contribution in [0.1, 0.15) is 28.1 Å². The number of anilines is 1. The quantitative estimate of drug-likeness (QED) is 0.607. The van der Waals surface area contributed by atoms with E-state index in [9.17, 15) is 9.18 Å². The summed E-state index contributed by atoms with van der Waals surface area (Å²) in [5.74, 6) is -0.107. The summed E-state index contributed by atoms with van der Waals surface area (Å²) in [5, 5.41) is 4.45. The lowest BCUT2D eigenvalue weighted by molar-refractivity contribution is 0.0690. The summed E-state index contributed by atoms with van der Waals surface area (Å²) in [6, 6.07) is 14.8. The molecule has 0 atom stereocenters. The van der Waals surface area contributed by atoms with E-state index in [2.05, 4.69) is 10.3 Å². The van der Waals surface area contributed by atoms with E-state index >= 15 is 0 Å². The number of amidine groups is 1. The molecule has 0 saturated carbocycles. The van der Waals surface area contributed by atoms with Gasteiger partial charge in [0, 0.05) is 36.3 Å². The summed E-state index contributed by atoms with van der Waals surface area (Å²) in [4.78, 5) is 20.2. The second kappa shape index (κ2) is 7.31. The number of carbonyl (C=O) groups is 1. The van der Waals surface area contributed by atoms with Gasteiger partial charge >= 0.3 is 0 Å². The Morgan fingerprint density at radius 1 is 1.17 bits per heavy atom. The number of hydrogen-bond acceptors (Lipinski definition) is 5. The summed E-state index contributed by atoms with van der Waals surface area (Å²) < 4.78 is 15.2. The van der Waals surface area contributed by atoms with Gasteiger partial charge in [-0.1, -0.05) is 24.3 Å². The van der Waals surface area contributed by atoms with Crippen LogP contribution in [-0.4, -0.2) is 35.4 Å². The fourth-order valence-electron chi connectivity index (χ4n) is 4.01. The molecule has 0 unspecified atom stereocenters. The summed E-state index contributed by atoms with van der Waals surface area (Å²) in [5.41, 5.74) is 6.49. The van der Waals surface area contributed by atoms with Crippen LogP contribution in [0.4, 0.5) is 10.1 Å². The van der Waals surface area contributed by atoms with Gasteiger partial charge in [0.1, 0.15) is 17.3 Å². The molecule has 0 aliphatic carbocycles. The molecular formula is C21H20ClFN4OS. The Morgan fingerprint density at radius 2 is 1.93 bits per heavy atom. The molecule has 5 rings (SSSR count). The zero-order chi connectivity index (χ0) is 19.3. The number of nitrogens with zero attached hydrogens (tertiary/aromatic N) is 2. The number of fused-ring (bicyclic) bond motifs is 2. The first-order valence-corrected chi connectivity index (χ1v) is 10.1. The number of carbonyl (C=O) groups excluding carboxylic acids is 1. The average Bonchev–Trinajstić information content (AvgIpc) is 3.12. The third kappa shape index (κ3) is 3.34. The Kier molecular flexibility index (Phi) is 4.96. The van der Waals surface area contributed by atoms with Crippen LogP contribution in [0.15, 0.2) is 53.5 Å². The minimum absolute atomic E-state index is 0. The van der Waals surface area contributed by atoms with Crippen molar-refractivity contribution in [3.63, 3.8) is 0 Å². The highest BCUT2D eigenvalue weighted by Gasteiger charge is 2.39. The van der Waals surface area contributed by atoms with E-state index in [0.717, 1.165) is 15.0 Å². The van der Waals surface area contributed by atoms with E-state index in [4.69, 9.17) is 5.73 Å². The zero-order valence-corrected chi connectivity index (χ0v) is 17.2. The summed E-state index contributed by atoms with van der Waals surface area (Å²) in [6.07, 6.45) is 1.25. The van der Waals surface area contributed by atoms with Gasteiger partial charge in [0.15, 0.2) is 0 Å². The van der Waals surface area contributed by atoms with Gasteiger partial charge in [-0.25, -0.2) is 9.38 Å². The lowest BCUT2D eigenvalue weighted by Crippen LogP contribution is -2.52. The Morgan fingerprint density at radius 3 is 2.69 bits per heavy atom. The molecule has 1 aromatic heterocycles. The Hall–Kier alpha value is -2.64. The third-order valence-corrected chi connectivity index (χ3v) is 6.59. The van der Waals surface area contributed by atoms with Crippen LogP contribution in [0.5, 0.6) is 0 Å². The molecule has 2 aliphatic rings. The largest absolute Gasteiger partial charge is 0.383 e. The molecule has 150 valence electrons. The number of halogens is 2. The van der Waals surface area contributed by atoms with E-state index in [1.807, 2.05) is 41.3 Å². The van der Waals surface area contributed by atoms with Crippen LogP contribution in [0.3, 0.4) is 0 Å². The number of aliphatic imine (C=N–C) groups is 1. The molecule has 3 N–H and O–H groups in total. The van der Waals surface area contributed by atoms with Gasteiger partial charge in [0.2, 0.25) is 0 Å². The van der Waals surface area contributed by atoms with Crippen LogP contribution in [0, 0.1) is 5.82 Å². The van der Waals surface area contributed by atoms with Crippen molar-refractivity contribution >= 4 is 51.3 Å². The van der Waals surface area contributed by atoms with Crippen molar-refractivity contribution in [1.29, 1.82) is 0 Å². The molecule has 1 amide bonds. The van der Waals surface area contributed by atoms with Crippen molar-refractivity contribution in [3.05, 3.63) is 64.8 Å². The first-order chi connectivity index (χ1) is 13.5. The summed E-state index contributed by atoms with van der Waals surface area (Å²) in [7, 11) is 0. The highest BCUT2D eigenvalue weighted by molar-refractivity contribution is 7.20. The van der Waals surface area contributed by atoms with Gasteiger partial charge in [-0.05, 0) is 29.7 Å². The second-order valence-corrected chi connectivity index (χ2v) is 8.34. The van der Waals surface area contributed by atoms with E-state index in [-0.39, 0.29) is 30.0 Å². The van der Waals surface area contributed by atoms with Crippen LogP contribution in [0.25, 0.3) is 10.1 Å². The van der Waals surface area contributed by atoms with E-state index in [1.54, 1.807) is 6.07 Å². The molecule has 0 bridgehead atoms. The van der Waals surface area contributed by atoms with E-state index in [1.165, 1.54) is 17.4 Å². The van der Waals surface area contributed by atoms with Gasteiger partial charge in [-0.3, -0.25) is 4.79 Å². The first kappa shape index (κ1) is 19.7. The first-order valence-electron chi connectivity index (χ1n) is 9.25. The van der Waals surface area contributed by atoms with Gasteiger partial charge in [-0.15, -0.1) is 23.7 Å². The number of benzene rings is 2. The molecule has 2 aromatic carbocycles. The summed E-state index contributed by atoms with van der Waals surface area (Å²) >= 11 is 1.52. The SMILES string of the molecule is Cl.NC1=NC2(CCN(C(=O)c3cc4ccccc4s3)CC2)Nc2cccc(F)c21. The number of nitrogens with one attached hydrogen (secondary N) is 1. The fourth-order valence-corrected chi connectivity index (χ4v) is 5.04. The van der Waals surface area contributed by atoms with Crippen molar-refractivity contribution in [1.82, 2.24) is 4.90 Å². The van der Waals surface area contributed by atoms with Crippen LogP contribution >= 0.6 is 23.7 Å². The van der Waals surface area contributed by atoms with Crippen LogP contribution < -0.4 is 11.1 Å². The molecule has 3 aromatic rings. The number of likely N-dealkylation sites (tertiary alicyclic amines) is 1. The van der Waals surface area contributed by atoms with Gasteiger partial charge in [0.05, 0.1) is 10.4 Å². The van der Waals surface area contributed by atoms with Crippen molar-refractivity contribution < 1.29 is 9.18 Å². The normalized spacial score (nSPS) is 17.3. The van der Waals surface area contributed by atoms with Crippen LogP contribution in [0.2, 0.25) is 0 Å². The smallest absolute Gasteiger partial charge is 0.263 e. The number of nitrogens with two attached hydrogens (primary N) is 1. The molecule has 0 radical (unpaired) electrons. The molecule has 8 heteroatoms. The Balaban J connectivity index is 0.00000205. The minimum atomic E-state index is -0.582. The lowest BCUT2D eigenvalue weighted by Gasteiger charge is -2.42. The molecule has 1 saturated heterocycles. The van der Waals surface area contributed by atoms with Gasteiger partial charge < -0.3 is 16.0 Å². The molecule has 1 spiro atoms. The van der Waals surface area contributed by atoms with Crippen molar-refractivity contribution in [2.45, 2.75) is 18.5 Å². The Labute approximate surface area is 177 Å². The third-order valence-electron chi connectivity index (χ3n) is 5.49. The second-order valence-electron chi connectivity index (χ2n) is 7.26. The zero-order valence-electron chi connectivity index (χ0n) is 15.5. The standard InChI is InChI=1S/C21H19FN4OS.ClH/c22-14-5-3-6-15-18(14)19(23)25-21(24-15)8-10-26(11-9-21)20(27)17-12-13-4-1-2-7-16(13)28-17;/h1-7,12,24H,8-11H2,(H2,23,25);1H. The summed E-state index contributed by atoms with van der Waals surface area (Å²) in [6.45, 7) is 1.14. The lowest BCUT2D eigenvalue weighted by atomic mass is 9.93. The molecule has 1 fully saturated rings. The highest BCUT2D eigenvalue weighted by atomic mass is 35.5. The maximum Gasteiger partial charge on any atom is 0.263 e. The number of rotatable bonds is 1. The van der Waals surface area contributed by atoms with Crippen molar-refractivity contribution in [3.8, 4) is 0 Å². The van der Waals surface area contributed by atoms with Gasteiger partial charge in [-0.2, -0.15) is 0 Å². The Bertz CT molecular complexity index is 1090. The van der Waals surface area contributed by atoms with Crippen molar-refractivity contribution in [2.75, 3.05) is 18.4 Å². The molecule has 2 aliphatic heterocycles. The predicted molar refractivity (Wildman–Crippen MR) is 118 cm³/mol. The number of hydrogen-bond donors (Lipinski definition) is 2. The van der Waals surface area contributed by atoms with E-state index < -0.39 is 5.66 Å². The number of piperidine rings is 1. The van der Waals surface area contributed by atoms with Gasteiger partial charge in [0.25, 0.3) is 5.91 Å². The fraction of sp³-hybridized carbons (Fsp3) is 0.238. The molecule has 5 nitrogen and oxygen atoms in total. The average molecular weight is 431 g/mol. The predicted octanol–water partition coefficient (Wildman–Crippen LogP) is 4.23. The molecule has 29 heavy (non-hydrogen) atoms. The maximum absolute atomic E-state index is 14.1. The molecule has 3 heterocycles. The number of thiophene rings is 1.